The molecule has 0 aromatic rings. The largest absolute Gasteiger partial charge is 0.374 e. The van der Waals surface area contributed by atoms with Crippen LogP contribution in [0, 0.1) is 10.8 Å². The lowest BCUT2D eigenvalue weighted by atomic mass is 9.78. The Balaban J connectivity index is 4.33. The summed E-state index contributed by atoms with van der Waals surface area (Å²) in [5.41, 5.74) is 0.523. The minimum atomic E-state index is 0.205. The summed E-state index contributed by atoms with van der Waals surface area (Å²) in [6.45, 7) is 17.8. The Labute approximate surface area is 89.5 Å². The van der Waals surface area contributed by atoms with Gasteiger partial charge in [-0.1, -0.05) is 47.6 Å². The fraction of sp³-hybridized carbons (Fsp3) is 0.846. The monoisotopic (exact) mass is 198 g/mol. The lowest BCUT2D eigenvalue weighted by molar-refractivity contribution is -0.0278. The first kappa shape index (κ1) is 13.7. The van der Waals surface area contributed by atoms with E-state index >= 15 is 0 Å². The van der Waals surface area contributed by atoms with E-state index in [1.165, 1.54) is 0 Å². The Kier molecular flexibility index (Phi) is 4.87. The lowest BCUT2D eigenvalue weighted by Gasteiger charge is -2.35. The Hall–Kier alpha value is -0.300. The van der Waals surface area contributed by atoms with Crippen molar-refractivity contribution in [2.24, 2.45) is 10.8 Å². The number of ether oxygens (including phenoxy) is 1. The molecule has 0 spiro atoms. The third kappa shape index (κ3) is 6.20. The Morgan fingerprint density at radius 2 is 1.64 bits per heavy atom. The molecule has 0 aromatic carbocycles. The smallest absolute Gasteiger partial charge is 0.0648 e. The third-order valence-electron chi connectivity index (χ3n) is 2.18. The van der Waals surface area contributed by atoms with E-state index in [0.717, 1.165) is 6.42 Å². The molecule has 0 aliphatic heterocycles. The van der Waals surface area contributed by atoms with Crippen molar-refractivity contribution < 1.29 is 4.74 Å². The molecule has 0 heterocycles. The first-order valence-electron chi connectivity index (χ1n) is 5.39. The van der Waals surface area contributed by atoms with E-state index < -0.39 is 0 Å². The maximum absolute atomic E-state index is 5.81. The molecule has 1 unspecified atom stereocenters. The van der Waals surface area contributed by atoms with Crippen LogP contribution in [0.1, 0.15) is 48.0 Å². The topological polar surface area (TPSA) is 9.23 Å². The summed E-state index contributed by atoms with van der Waals surface area (Å²) in [4.78, 5) is 0. The predicted molar refractivity (Wildman–Crippen MR) is 63.5 cm³/mol. The van der Waals surface area contributed by atoms with E-state index in [1.807, 2.05) is 6.08 Å². The fourth-order valence-electron chi connectivity index (χ4n) is 1.36. The highest BCUT2D eigenvalue weighted by Gasteiger charge is 2.29. The number of hydrogen-bond donors (Lipinski definition) is 0. The first-order chi connectivity index (χ1) is 6.17. The van der Waals surface area contributed by atoms with Crippen LogP contribution in [0.15, 0.2) is 12.7 Å². The molecule has 0 saturated heterocycles. The summed E-state index contributed by atoms with van der Waals surface area (Å²) < 4.78 is 5.81. The molecule has 0 aromatic heterocycles. The molecule has 0 amide bonds. The van der Waals surface area contributed by atoms with Crippen LogP contribution >= 0.6 is 0 Å². The number of rotatable bonds is 4. The van der Waals surface area contributed by atoms with Gasteiger partial charge in [0.1, 0.15) is 0 Å². The highest BCUT2D eigenvalue weighted by molar-refractivity contribution is 4.81. The second-order valence-electron chi connectivity index (χ2n) is 6.24. The molecule has 84 valence electrons. The highest BCUT2D eigenvalue weighted by Crippen LogP contribution is 2.32. The molecule has 0 rings (SSSR count). The zero-order chi connectivity index (χ0) is 11.4. The Morgan fingerprint density at radius 1 is 1.14 bits per heavy atom. The van der Waals surface area contributed by atoms with Gasteiger partial charge in [0.25, 0.3) is 0 Å². The van der Waals surface area contributed by atoms with Gasteiger partial charge in [0, 0.05) is 0 Å². The zero-order valence-electron chi connectivity index (χ0n) is 10.7. The molecule has 14 heavy (non-hydrogen) atoms. The summed E-state index contributed by atoms with van der Waals surface area (Å²) in [5, 5.41) is 0. The van der Waals surface area contributed by atoms with Crippen LogP contribution in [0.3, 0.4) is 0 Å². The van der Waals surface area contributed by atoms with Gasteiger partial charge in [-0.2, -0.15) is 0 Å². The van der Waals surface area contributed by atoms with Crippen LogP contribution in [-0.4, -0.2) is 12.7 Å². The molecular weight excluding hydrogens is 172 g/mol. The van der Waals surface area contributed by atoms with Gasteiger partial charge in [-0.3, -0.25) is 0 Å². The number of hydrogen-bond acceptors (Lipinski definition) is 1. The molecule has 0 N–H and O–H groups in total. The van der Waals surface area contributed by atoms with Gasteiger partial charge in [0.15, 0.2) is 0 Å². The van der Waals surface area contributed by atoms with E-state index in [1.54, 1.807) is 0 Å². The maximum Gasteiger partial charge on any atom is 0.0648 e. The highest BCUT2D eigenvalue weighted by atomic mass is 16.5. The van der Waals surface area contributed by atoms with Crippen molar-refractivity contribution in [3.8, 4) is 0 Å². The summed E-state index contributed by atoms with van der Waals surface area (Å²) in [6.07, 6.45) is 3.21. The van der Waals surface area contributed by atoms with E-state index in [0.29, 0.717) is 18.1 Å². The molecule has 1 nitrogen and oxygen atoms in total. The predicted octanol–water partition coefficient (Wildman–Crippen LogP) is 4.04. The lowest BCUT2D eigenvalue weighted by Crippen LogP contribution is -2.33. The van der Waals surface area contributed by atoms with Crippen LogP contribution in [0.2, 0.25) is 0 Å². The van der Waals surface area contributed by atoms with Crippen molar-refractivity contribution in [2.75, 3.05) is 6.61 Å². The van der Waals surface area contributed by atoms with Crippen LogP contribution in [0.4, 0.5) is 0 Å². The normalized spacial score (nSPS) is 15.3. The summed E-state index contributed by atoms with van der Waals surface area (Å²) >= 11 is 0. The molecular formula is C13H26O. The molecule has 1 heteroatoms. The van der Waals surface area contributed by atoms with Crippen LogP contribution < -0.4 is 0 Å². The quantitative estimate of drug-likeness (QED) is 0.619. The third-order valence-corrected chi connectivity index (χ3v) is 2.18. The fourth-order valence-corrected chi connectivity index (χ4v) is 1.36. The van der Waals surface area contributed by atoms with Gasteiger partial charge in [-0.05, 0) is 17.3 Å². The first-order valence-corrected chi connectivity index (χ1v) is 5.39. The molecule has 0 radical (unpaired) electrons. The molecule has 1 atom stereocenters. The van der Waals surface area contributed by atoms with Crippen molar-refractivity contribution in [3.05, 3.63) is 12.7 Å². The van der Waals surface area contributed by atoms with E-state index in [9.17, 15) is 0 Å². The van der Waals surface area contributed by atoms with Gasteiger partial charge in [0.2, 0.25) is 0 Å². The van der Waals surface area contributed by atoms with Crippen LogP contribution in [0.5, 0.6) is 0 Å². The summed E-state index contributed by atoms with van der Waals surface area (Å²) in [7, 11) is 0. The van der Waals surface area contributed by atoms with Crippen molar-refractivity contribution in [2.45, 2.75) is 54.1 Å². The molecule has 0 aliphatic rings. The second-order valence-corrected chi connectivity index (χ2v) is 6.24. The van der Waals surface area contributed by atoms with Crippen molar-refractivity contribution in [1.29, 1.82) is 0 Å². The molecule has 0 aliphatic carbocycles. The van der Waals surface area contributed by atoms with Crippen molar-refractivity contribution in [1.82, 2.24) is 0 Å². The van der Waals surface area contributed by atoms with Gasteiger partial charge < -0.3 is 4.74 Å². The van der Waals surface area contributed by atoms with E-state index in [-0.39, 0.29) is 5.41 Å². The molecule has 0 bridgehead atoms. The average molecular weight is 198 g/mol. The van der Waals surface area contributed by atoms with Gasteiger partial charge in [0.05, 0.1) is 12.7 Å². The van der Waals surface area contributed by atoms with Gasteiger partial charge >= 0.3 is 0 Å². The van der Waals surface area contributed by atoms with Crippen molar-refractivity contribution >= 4 is 0 Å². The second kappa shape index (κ2) is 4.97. The zero-order valence-corrected chi connectivity index (χ0v) is 10.7. The van der Waals surface area contributed by atoms with E-state index in [2.05, 4.69) is 48.1 Å². The Bertz CT molecular complexity index is 169. The SMILES string of the molecule is C=CCOC(CC(C)(C)C)C(C)(C)C. The Morgan fingerprint density at radius 3 is 1.93 bits per heavy atom. The van der Waals surface area contributed by atoms with Crippen LogP contribution in [0.25, 0.3) is 0 Å². The summed E-state index contributed by atoms with van der Waals surface area (Å²) in [6, 6.07) is 0. The summed E-state index contributed by atoms with van der Waals surface area (Å²) in [5.74, 6) is 0. The standard InChI is InChI=1S/C13H26O/c1-8-9-14-11(13(5,6)7)10-12(2,3)4/h8,11H,1,9-10H2,2-7H3. The minimum absolute atomic E-state index is 0.205. The van der Waals surface area contributed by atoms with Crippen molar-refractivity contribution in [3.63, 3.8) is 0 Å². The minimum Gasteiger partial charge on any atom is -0.374 e. The van der Waals surface area contributed by atoms with Gasteiger partial charge in [-0.25, -0.2) is 0 Å². The molecule has 0 saturated carbocycles. The molecule has 0 fully saturated rings. The van der Waals surface area contributed by atoms with Crippen LogP contribution in [-0.2, 0) is 4.74 Å². The van der Waals surface area contributed by atoms with Gasteiger partial charge in [-0.15, -0.1) is 6.58 Å². The average Bonchev–Trinajstić information content (AvgIpc) is 1.93. The van der Waals surface area contributed by atoms with E-state index in [4.69, 9.17) is 4.74 Å². The maximum atomic E-state index is 5.81.